The van der Waals surface area contributed by atoms with Crippen molar-refractivity contribution in [3.63, 3.8) is 0 Å². The molecule has 0 radical (unpaired) electrons. The lowest BCUT2D eigenvalue weighted by Gasteiger charge is -2.27. The summed E-state index contributed by atoms with van der Waals surface area (Å²) in [7, 11) is 1.86. The fourth-order valence-corrected chi connectivity index (χ4v) is 3.45. The fraction of sp³-hybridized carbons (Fsp3) is 0.227. The normalized spacial score (nSPS) is 13.7. The summed E-state index contributed by atoms with van der Waals surface area (Å²) in [5.74, 6) is 0.829. The van der Waals surface area contributed by atoms with Crippen LogP contribution in [0.15, 0.2) is 48.8 Å². The van der Waals surface area contributed by atoms with Crippen molar-refractivity contribution >= 4 is 34.3 Å². The molecule has 32 heavy (non-hydrogen) atoms. The first-order chi connectivity index (χ1) is 15.5. The van der Waals surface area contributed by atoms with Gasteiger partial charge in [0, 0.05) is 19.3 Å². The number of benzene rings is 2. The molecular weight excluding hydrogens is 435 g/mol. The van der Waals surface area contributed by atoms with Gasteiger partial charge in [-0.2, -0.15) is 0 Å². The van der Waals surface area contributed by atoms with Crippen molar-refractivity contribution in [3.05, 3.63) is 65.2 Å². The Kier molecular flexibility index (Phi) is 5.50. The van der Waals surface area contributed by atoms with Crippen LogP contribution in [-0.2, 0) is 18.3 Å². The highest BCUT2D eigenvalue weighted by atomic mass is 35.5. The van der Waals surface area contributed by atoms with Crippen molar-refractivity contribution in [1.29, 1.82) is 0 Å². The van der Waals surface area contributed by atoms with Crippen molar-refractivity contribution in [2.75, 3.05) is 23.8 Å². The van der Waals surface area contributed by atoms with Crippen LogP contribution in [0, 0.1) is 5.82 Å². The minimum atomic E-state index is -0.361. The third-order valence-corrected chi connectivity index (χ3v) is 5.32. The van der Waals surface area contributed by atoms with E-state index in [4.69, 9.17) is 21.1 Å². The molecule has 0 amide bonds. The molecule has 1 saturated heterocycles. The van der Waals surface area contributed by atoms with E-state index in [1.807, 2.05) is 41.9 Å². The molecular formula is C22H20ClFN6O2. The van der Waals surface area contributed by atoms with Crippen molar-refractivity contribution in [1.82, 2.24) is 19.5 Å². The summed E-state index contributed by atoms with van der Waals surface area (Å²) < 4.78 is 27.2. The summed E-state index contributed by atoms with van der Waals surface area (Å²) in [4.78, 5) is 12.5. The van der Waals surface area contributed by atoms with E-state index in [0.717, 1.165) is 11.3 Å². The van der Waals surface area contributed by atoms with Crippen LogP contribution < -0.4 is 15.4 Å². The minimum absolute atomic E-state index is 0.218. The zero-order chi connectivity index (χ0) is 22.1. The number of ether oxygens (including phenoxy) is 2. The summed E-state index contributed by atoms with van der Waals surface area (Å²) in [6, 6.07) is 11.3. The van der Waals surface area contributed by atoms with E-state index in [-0.39, 0.29) is 17.9 Å². The van der Waals surface area contributed by atoms with E-state index in [9.17, 15) is 4.39 Å². The van der Waals surface area contributed by atoms with Crippen LogP contribution >= 0.6 is 11.6 Å². The van der Waals surface area contributed by atoms with Gasteiger partial charge in [0.2, 0.25) is 5.95 Å². The zero-order valence-corrected chi connectivity index (χ0v) is 17.9. The van der Waals surface area contributed by atoms with Crippen LogP contribution in [0.4, 0.5) is 16.0 Å². The molecule has 164 valence electrons. The largest absolute Gasteiger partial charge is 0.424 e. The molecule has 0 atom stereocenters. The minimum Gasteiger partial charge on any atom is -0.424 e. The molecule has 1 aliphatic rings. The lowest BCUT2D eigenvalue weighted by molar-refractivity contribution is 0.0211. The van der Waals surface area contributed by atoms with Crippen molar-refractivity contribution in [2.24, 2.45) is 7.05 Å². The van der Waals surface area contributed by atoms with Gasteiger partial charge in [-0.15, -0.1) is 0 Å². The molecule has 2 N–H and O–H groups in total. The molecule has 1 fully saturated rings. The van der Waals surface area contributed by atoms with E-state index in [1.54, 1.807) is 0 Å². The topological polar surface area (TPSA) is 86.1 Å². The number of imidazole rings is 1. The Morgan fingerprint density at radius 2 is 1.94 bits per heavy atom. The predicted octanol–water partition coefficient (Wildman–Crippen LogP) is 4.37. The van der Waals surface area contributed by atoms with Crippen molar-refractivity contribution in [2.45, 2.75) is 12.6 Å². The second kappa shape index (κ2) is 8.60. The van der Waals surface area contributed by atoms with Gasteiger partial charge in [-0.1, -0.05) is 23.7 Å². The van der Waals surface area contributed by atoms with Gasteiger partial charge in [-0.3, -0.25) is 0 Å². The highest BCUT2D eigenvalue weighted by Crippen LogP contribution is 2.27. The molecule has 0 unspecified atom stereocenters. The lowest BCUT2D eigenvalue weighted by atomic mass is 10.2. The maximum absolute atomic E-state index is 14.6. The summed E-state index contributed by atoms with van der Waals surface area (Å²) in [6.07, 6.45) is 2.95. The maximum atomic E-state index is 14.6. The van der Waals surface area contributed by atoms with Gasteiger partial charge in [0.05, 0.1) is 42.2 Å². The highest BCUT2D eigenvalue weighted by Gasteiger charge is 2.20. The Hall–Kier alpha value is -3.43. The van der Waals surface area contributed by atoms with Crippen molar-refractivity contribution < 1.29 is 13.9 Å². The van der Waals surface area contributed by atoms with Crippen LogP contribution in [-0.4, -0.2) is 38.8 Å². The van der Waals surface area contributed by atoms with Crippen molar-refractivity contribution in [3.8, 4) is 11.8 Å². The van der Waals surface area contributed by atoms with E-state index >= 15 is 0 Å². The number of hydrogen-bond acceptors (Lipinski definition) is 7. The molecule has 2 aromatic carbocycles. The number of halogens is 2. The molecule has 10 heteroatoms. The Bertz CT molecular complexity index is 1240. The monoisotopic (exact) mass is 454 g/mol. The smallest absolute Gasteiger partial charge is 0.321 e. The number of anilines is 2. The Labute approximate surface area is 188 Å². The summed E-state index contributed by atoms with van der Waals surface area (Å²) in [6.45, 7) is 1.78. The molecule has 0 aliphatic carbocycles. The quantitative estimate of drug-likeness (QED) is 0.428. The first-order valence-electron chi connectivity index (χ1n) is 10.0. The van der Waals surface area contributed by atoms with Crippen LogP contribution in [0.5, 0.6) is 11.8 Å². The van der Waals surface area contributed by atoms with Gasteiger partial charge < -0.3 is 24.7 Å². The van der Waals surface area contributed by atoms with Gasteiger partial charge in [-0.05, 0) is 29.8 Å². The number of nitrogens with zero attached hydrogens (tertiary/aromatic N) is 4. The maximum Gasteiger partial charge on any atom is 0.321 e. The van der Waals surface area contributed by atoms with Gasteiger partial charge in [0.1, 0.15) is 11.3 Å². The zero-order valence-electron chi connectivity index (χ0n) is 17.2. The highest BCUT2D eigenvalue weighted by molar-refractivity contribution is 6.30. The summed E-state index contributed by atoms with van der Waals surface area (Å²) in [5, 5.41) is 6.99. The Morgan fingerprint density at radius 1 is 1.19 bits per heavy atom. The number of aromatic nitrogens is 4. The van der Waals surface area contributed by atoms with Gasteiger partial charge in [-0.25, -0.2) is 19.3 Å². The first-order valence-corrected chi connectivity index (χ1v) is 10.4. The fourth-order valence-electron chi connectivity index (χ4n) is 3.36. The Balaban J connectivity index is 1.26. The predicted molar refractivity (Wildman–Crippen MR) is 120 cm³/mol. The molecule has 4 aromatic rings. The number of hydrogen-bond donors (Lipinski definition) is 2. The van der Waals surface area contributed by atoms with Gasteiger partial charge in [0.25, 0.3) is 0 Å². The number of fused-ring (bicyclic) bond motifs is 1. The molecule has 1 aliphatic heterocycles. The van der Waals surface area contributed by atoms with E-state index in [1.165, 1.54) is 18.5 Å². The van der Waals surface area contributed by atoms with E-state index in [2.05, 4.69) is 25.6 Å². The Morgan fingerprint density at radius 3 is 2.62 bits per heavy atom. The SMILES string of the molecule is Cn1c(NCc2ccc(Oc3ncc(Cl)cn3)cc2)nc2c(F)cc(NC3COC3)cc21. The second-order valence-electron chi connectivity index (χ2n) is 7.48. The molecule has 5 rings (SSSR count). The number of nitrogens with one attached hydrogen (secondary N) is 2. The number of rotatable bonds is 7. The first kappa shape index (κ1) is 20.5. The molecule has 3 heterocycles. The standard InChI is InChI=1S/C22H20ClFN6O2/c1-30-19-7-15(28-16-11-31-12-16)6-18(24)20(19)29-21(30)25-8-13-2-4-17(5-3-13)32-22-26-9-14(23)10-27-22/h2-7,9-10,16,28H,8,11-12H2,1H3,(H,25,29). The van der Waals surface area contributed by atoms with Crippen LogP contribution in [0.1, 0.15) is 5.56 Å². The van der Waals surface area contributed by atoms with Gasteiger partial charge in [0.15, 0.2) is 5.82 Å². The third kappa shape index (κ3) is 4.30. The number of aryl methyl sites for hydroxylation is 1. The molecule has 0 spiro atoms. The second-order valence-corrected chi connectivity index (χ2v) is 7.92. The van der Waals surface area contributed by atoms with Crippen LogP contribution in [0.25, 0.3) is 11.0 Å². The van der Waals surface area contributed by atoms with Crippen LogP contribution in [0.3, 0.4) is 0 Å². The average Bonchev–Trinajstić information content (AvgIpc) is 3.08. The lowest BCUT2D eigenvalue weighted by Crippen LogP contribution is -2.40. The van der Waals surface area contributed by atoms with Gasteiger partial charge >= 0.3 is 6.01 Å². The molecule has 0 saturated carbocycles. The van der Waals surface area contributed by atoms with E-state index in [0.29, 0.717) is 47.5 Å². The third-order valence-electron chi connectivity index (χ3n) is 5.13. The van der Waals surface area contributed by atoms with Crippen LogP contribution in [0.2, 0.25) is 5.02 Å². The molecule has 8 nitrogen and oxygen atoms in total. The average molecular weight is 455 g/mol. The summed E-state index contributed by atoms with van der Waals surface area (Å²) in [5.41, 5.74) is 2.77. The molecule has 2 aromatic heterocycles. The van der Waals surface area contributed by atoms with E-state index < -0.39 is 0 Å². The summed E-state index contributed by atoms with van der Waals surface area (Å²) >= 11 is 5.78. The molecule has 0 bridgehead atoms.